The third-order valence-electron chi connectivity index (χ3n) is 4.38. The summed E-state index contributed by atoms with van der Waals surface area (Å²) < 4.78 is 61.0. The molecule has 0 aliphatic rings. The highest BCUT2D eigenvalue weighted by atomic mass is 19.1. The molecule has 160 valence electrons. The Kier molecular flexibility index (Phi) is 6.54. The zero-order chi connectivity index (χ0) is 22.5. The van der Waals surface area contributed by atoms with E-state index in [2.05, 4.69) is 10.6 Å². The summed E-state index contributed by atoms with van der Waals surface area (Å²) in [6, 6.07) is 11.7. The second-order valence-corrected chi connectivity index (χ2v) is 6.35. The van der Waals surface area contributed by atoms with Crippen LogP contribution in [-0.2, 0) is 0 Å². The van der Waals surface area contributed by atoms with Gasteiger partial charge in [0.2, 0.25) is 0 Å². The Hall–Kier alpha value is -3.88. The molecule has 0 saturated heterocycles. The molecule has 5 nitrogen and oxygen atoms in total. The van der Waals surface area contributed by atoms with Gasteiger partial charge in [-0.1, -0.05) is 24.3 Å². The Morgan fingerprint density at radius 3 is 1.45 bits per heavy atom. The molecule has 3 rings (SSSR count). The zero-order valence-corrected chi connectivity index (χ0v) is 16.1. The second-order valence-electron chi connectivity index (χ2n) is 6.35. The molecule has 0 radical (unpaired) electrons. The summed E-state index contributed by atoms with van der Waals surface area (Å²) in [5, 5.41) is 4.54. The number of amides is 2. The highest BCUT2D eigenvalue weighted by Gasteiger charge is 2.25. The van der Waals surface area contributed by atoms with Crippen LogP contribution in [0, 0.1) is 23.3 Å². The van der Waals surface area contributed by atoms with Gasteiger partial charge in [-0.2, -0.15) is 0 Å². The lowest BCUT2D eigenvalue weighted by molar-refractivity contribution is 0.0875. The van der Waals surface area contributed by atoms with Gasteiger partial charge in [-0.05, 0) is 42.0 Å². The average Bonchev–Trinajstić information content (AvgIpc) is 2.73. The molecule has 0 bridgehead atoms. The van der Waals surface area contributed by atoms with E-state index in [1.54, 1.807) is 0 Å². The van der Waals surface area contributed by atoms with Crippen LogP contribution in [0.5, 0.6) is 5.75 Å². The number of hydrogen-bond acceptors (Lipinski definition) is 3. The van der Waals surface area contributed by atoms with E-state index in [9.17, 15) is 27.2 Å². The molecule has 0 atom stereocenters. The Balaban J connectivity index is 1.94. The third-order valence-corrected chi connectivity index (χ3v) is 4.38. The monoisotopic (exact) mass is 432 g/mol. The summed E-state index contributed by atoms with van der Waals surface area (Å²) in [4.78, 5) is 25.1. The summed E-state index contributed by atoms with van der Waals surface area (Å²) >= 11 is 0. The van der Waals surface area contributed by atoms with Crippen LogP contribution in [0.15, 0.2) is 60.7 Å². The molecule has 2 N–H and O–H groups in total. The molecule has 3 aromatic rings. The molecule has 3 aromatic carbocycles. The van der Waals surface area contributed by atoms with Crippen LogP contribution in [0.4, 0.5) is 17.6 Å². The molecular weight excluding hydrogens is 416 g/mol. The zero-order valence-electron chi connectivity index (χ0n) is 16.1. The lowest BCUT2D eigenvalue weighted by Crippen LogP contribution is -2.42. The fourth-order valence-corrected chi connectivity index (χ4v) is 2.84. The first kappa shape index (κ1) is 21.8. The van der Waals surface area contributed by atoms with E-state index in [4.69, 9.17) is 4.74 Å². The van der Waals surface area contributed by atoms with Crippen LogP contribution < -0.4 is 15.4 Å². The second kappa shape index (κ2) is 9.29. The van der Waals surface area contributed by atoms with Crippen LogP contribution in [0.2, 0.25) is 0 Å². The fraction of sp³-hybridized carbons (Fsp3) is 0.0909. The van der Waals surface area contributed by atoms with Gasteiger partial charge in [-0.25, -0.2) is 17.6 Å². The number of carbonyl (C=O) groups excluding carboxylic acids is 2. The topological polar surface area (TPSA) is 67.4 Å². The van der Waals surface area contributed by atoms with E-state index in [1.807, 2.05) is 0 Å². The molecule has 31 heavy (non-hydrogen) atoms. The summed E-state index contributed by atoms with van der Waals surface area (Å²) in [6.45, 7) is 0. The van der Waals surface area contributed by atoms with Crippen LogP contribution in [0.3, 0.4) is 0 Å². The van der Waals surface area contributed by atoms with Crippen molar-refractivity contribution in [3.05, 3.63) is 101 Å². The first-order valence-electron chi connectivity index (χ1n) is 8.95. The van der Waals surface area contributed by atoms with E-state index >= 15 is 0 Å². The molecule has 9 heteroatoms. The summed E-state index contributed by atoms with van der Waals surface area (Å²) in [5.74, 6) is -6.35. The molecule has 2 amide bonds. The molecule has 0 aromatic heterocycles. The van der Waals surface area contributed by atoms with Crippen molar-refractivity contribution >= 4 is 11.8 Å². The molecule has 0 unspecified atom stereocenters. The molecule has 0 spiro atoms. The maximum atomic E-state index is 14.0. The standard InChI is InChI=1S/C22H16F4N2O3/c1-31-13-10-8-12(9-11-13)20(27-21(29)18-14(23)4-2-5-15(18)24)28-22(30)19-16(25)6-3-7-17(19)26/h2-11,20H,1H3,(H,27,29)(H,28,30). The molecule has 0 heterocycles. The minimum atomic E-state index is -1.37. The van der Waals surface area contributed by atoms with E-state index in [-0.39, 0.29) is 5.56 Å². The van der Waals surface area contributed by atoms with Crippen molar-refractivity contribution in [2.75, 3.05) is 7.11 Å². The highest BCUT2D eigenvalue weighted by molar-refractivity contribution is 5.97. The van der Waals surface area contributed by atoms with Gasteiger partial charge >= 0.3 is 0 Å². The van der Waals surface area contributed by atoms with Crippen LogP contribution in [-0.4, -0.2) is 18.9 Å². The van der Waals surface area contributed by atoms with Crippen molar-refractivity contribution in [1.29, 1.82) is 0 Å². The van der Waals surface area contributed by atoms with E-state index in [1.165, 1.54) is 31.4 Å². The van der Waals surface area contributed by atoms with Gasteiger partial charge in [0.05, 0.1) is 7.11 Å². The van der Waals surface area contributed by atoms with Crippen LogP contribution in [0.25, 0.3) is 0 Å². The van der Waals surface area contributed by atoms with Crippen molar-refractivity contribution in [1.82, 2.24) is 10.6 Å². The lowest BCUT2D eigenvalue weighted by atomic mass is 10.1. The predicted molar refractivity (Wildman–Crippen MR) is 103 cm³/mol. The number of carbonyl (C=O) groups is 2. The maximum Gasteiger partial charge on any atom is 0.259 e. The lowest BCUT2D eigenvalue weighted by Gasteiger charge is -2.21. The van der Waals surface area contributed by atoms with E-state index in [0.717, 1.165) is 36.4 Å². The fourth-order valence-electron chi connectivity index (χ4n) is 2.84. The van der Waals surface area contributed by atoms with Crippen molar-refractivity contribution in [2.45, 2.75) is 6.17 Å². The van der Waals surface area contributed by atoms with Crippen molar-refractivity contribution in [3.63, 3.8) is 0 Å². The van der Waals surface area contributed by atoms with Gasteiger partial charge in [0.25, 0.3) is 11.8 Å². The maximum absolute atomic E-state index is 14.0. The Labute approximate surface area is 174 Å². The first-order valence-corrected chi connectivity index (χ1v) is 8.95. The minimum absolute atomic E-state index is 0.260. The number of halogens is 4. The Morgan fingerprint density at radius 2 is 1.10 bits per heavy atom. The normalized spacial score (nSPS) is 10.6. The van der Waals surface area contributed by atoms with Gasteiger partial charge in [0.1, 0.15) is 46.3 Å². The number of methoxy groups -OCH3 is 1. The summed E-state index contributed by atoms with van der Waals surface area (Å²) in [6.07, 6.45) is -1.37. The number of benzene rings is 3. The SMILES string of the molecule is COc1ccc(C(NC(=O)c2c(F)cccc2F)NC(=O)c2c(F)cccc2F)cc1. The minimum Gasteiger partial charge on any atom is -0.497 e. The van der Waals surface area contributed by atoms with Crippen LogP contribution in [0.1, 0.15) is 32.4 Å². The van der Waals surface area contributed by atoms with Crippen molar-refractivity contribution in [2.24, 2.45) is 0 Å². The van der Waals surface area contributed by atoms with Gasteiger partial charge in [0.15, 0.2) is 0 Å². The van der Waals surface area contributed by atoms with Gasteiger partial charge in [0, 0.05) is 0 Å². The quantitative estimate of drug-likeness (QED) is 0.455. The van der Waals surface area contributed by atoms with Gasteiger partial charge < -0.3 is 15.4 Å². The molecular formula is C22H16F4N2O3. The Morgan fingerprint density at radius 1 is 0.710 bits per heavy atom. The number of rotatable bonds is 6. The number of hydrogen-bond donors (Lipinski definition) is 2. The molecule has 0 fully saturated rings. The summed E-state index contributed by atoms with van der Waals surface area (Å²) in [5.41, 5.74) is -1.48. The van der Waals surface area contributed by atoms with E-state index in [0.29, 0.717) is 5.75 Å². The number of ether oxygens (including phenoxy) is 1. The third kappa shape index (κ3) is 4.82. The average molecular weight is 432 g/mol. The predicted octanol–water partition coefficient (Wildman–Crippen LogP) is 4.11. The molecule has 0 aliphatic carbocycles. The Bertz CT molecular complexity index is 1010. The smallest absolute Gasteiger partial charge is 0.259 e. The van der Waals surface area contributed by atoms with Crippen molar-refractivity contribution < 1.29 is 31.9 Å². The molecule has 0 aliphatic heterocycles. The first-order chi connectivity index (χ1) is 14.8. The van der Waals surface area contributed by atoms with Gasteiger partial charge in [-0.15, -0.1) is 0 Å². The molecule has 0 saturated carbocycles. The largest absolute Gasteiger partial charge is 0.497 e. The van der Waals surface area contributed by atoms with Crippen LogP contribution >= 0.6 is 0 Å². The highest BCUT2D eigenvalue weighted by Crippen LogP contribution is 2.20. The summed E-state index contributed by atoms with van der Waals surface area (Å²) in [7, 11) is 1.43. The van der Waals surface area contributed by atoms with E-state index < -0.39 is 52.4 Å². The number of nitrogens with one attached hydrogen (secondary N) is 2. The van der Waals surface area contributed by atoms with Gasteiger partial charge in [-0.3, -0.25) is 9.59 Å². The van der Waals surface area contributed by atoms with Crippen molar-refractivity contribution in [3.8, 4) is 5.75 Å².